The number of carbonyl (C=O) groups excluding carboxylic acids is 1. The van der Waals surface area contributed by atoms with Gasteiger partial charge in [-0.3, -0.25) is 4.79 Å². The van der Waals surface area contributed by atoms with Crippen molar-refractivity contribution in [3.8, 4) is 0 Å². The van der Waals surface area contributed by atoms with Crippen LogP contribution in [0, 0.1) is 6.92 Å². The molecule has 17 heavy (non-hydrogen) atoms. The highest BCUT2D eigenvalue weighted by Crippen LogP contribution is 2.28. The van der Waals surface area contributed by atoms with Crippen LogP contribution in [0.3, 0.4) is 0 Å². The maximum absolute atomic E-state index is 11.7. The Morgan fingerprint density at radius 1 is 1.29 bits per heavy atom. The predicted molar refractivity (Wildman–Crippen MR) is 73.1 cm³/mol. The summed E-state index contributed by atoms with van der Waals surface area (Å²) in [5.74, 6) is 0. The van der Waals surface area contributed by atoms with Crippen LogP contribution in [0.25, 0.3) is 0 Å². The minimum atomic E-state index is -0.696. The largest absolute Gasteiger partial charge is 0.388 e. The lowest BCUT2D eigenvalue weighted by Crippen LogP contribution is -2.13. The zero-order valence-corrected chi connectivity index (χ0v) is 11.7. The zero-order valence-electron chi connectivity index (χ0n) is 10.9. The van der Waals surface area contributed by atoms with E-state index in [-0.39, 0.29) is 16.3 Å². The average Bonchev–Trinajstić information content (AvgIpc) is 2.15. The molecule has 0 aliphatic heterocycles. The highest BCUT2D eigenvalue weighted by molar-refractivity contribution is 8.14. The molecule has 0 amide bonds. The van der Waals surface area contributed by atoms with Crippen molar-refractivity contribution in [2.75, 3.05) is 0 Å². The molecule has 0 bridgehead atoms. The van der Waals surface area contributed by atoms with Gasteiger partial charge in [0.2, 0.25) is 0 Å². The number of hydrogen-bond donors (Lipinski definition) is 1. The molecule has 0 spiro atoms. The van der Waals surface area contributed by atoms with Gasteiger partial charge < -0.3 is 5.11 Å². The lowest BCUT2D eigenvalue weighted by molar-refractivity contribution is -0.112. The van der Waals surface area contributed by atoms with Gasteiger partial charge in [0.05, 0.1) is 6.10 Å². The molecule has 1 aromatic carbocycles. The Morgan fingerprint density at radius 2 is 1.82 bits per heavy atom. The lowest BCUT2D eigenvalue weighted by atomic mass is 10.1. The lowest BCUT2D eigenvalue weighted by Gasteiger charge is -2.17. The van der Waals surface area contributed by atoms with Gasteiger partial charge >= 0.3 is 0 Å². The molecule has 1 atom stereocenters. The van der Waals surface area contributed by atoms with E-state index in [0.717, 1.165) is 11.1 Å². The molecule has 1 N–H and O–H groups in total. The minimum absolute atomic E-state index is 0.0329. The molecule has 1 unspecified atom stereocenters. The van der Waals surface area contributed by atoms with Crippen molar-refractivity contribution in [1.29, 1.82) is 0 Å². The third-order valence-corrected chi connectivity index (χ3v) is 3.25. The van der Waals surface area contributed by atoms with Gasteiger partial charge in [0.15, 0.2) is 5.12 Å². The third-order valence-electron chi connectivity index (χ3n) is 2.24. The molecule has 1 rings (SSSR count). The van der Waals surface area contributed by atoms with E-state index in [4.69, 9.17) is 0 Å². The summed E-state index contributed by atoms with van der Waals surface area (Å²) in [6.45, 7) is 7.98. The second-order valence-corrected chi connectivity index (χ2v) is 7.10. The summed E-state index contributed by atoms with van der Waals surface area (Å²) in [6, 6.07) is 7.63. The van der Waals surface area contributed by atoms with Crippen LogP contribution < -0.4 is 0 Å². The Balaban J connectivity index is 2.57. The quantitative estimate of drug-likeness (QED) is 0.895. The first-order valence-electron chi connectivity index (χ1n) is 5.74. The number of hydrogen-bond acceptors (Lipinski definition) is 3. The van der Waals surface area contributed by atoms with E-state index in [1.165, 1.54) is 11.8 Å². The van der Waals surface area contributed by atoms with E-state index in [9.17, 15) is 9.90 Å². The fourth-order valence-electron chi connectivity index (χ4n) is 1.45. The van der Waals surface area contributed by atoms with Gasteiger partial charge in [-0.2, -0.15) is 0 Å². The number of rotatable bonds is 3. The first kappa shape index (κ1) is 14.3. The van der Waals surface area contributed by atoms with E-state index in [0.29, 0.717) is 0 Å². The SMILES string of the molecule is Cc1ccc(C(O)CC(=O)SC(C)(C)C)cc1. The topological polar surface area (TPSA) is 37.3 Å². The maximum Gasteiger partial charge on any atom is 0.192 e. The summed E-state index contributed by atoms with van der Waals surface area (Å²) in [5, 5.41) is 9.98. The van der Waals surface area contributed by atoms with Crippen LogP contribution in [0.4, 0.5) is 0 Å². The summed E-state index contributed by atoms with van der Waals surface area (Å²) in [7, 11) is 0. The number of carbonyl (C=O) groups is 1. The number of aliphatic hydroxyl groups excluding tert-OH is 1. The van der Waals surface area contributed by atoms with E-state index in [1.54, 1.807) is 0 Å². The van der Waals surface area contributed by atoms with E-state index in [1.807, 2.05) is 52.0 Å². The monoisotopic (exact) mass is 252 g/mol. The van der Waals surface area contributed by atoms with Crippen molar-refractivity contribution in [1.82, 2.24) is 0 Å². The average molecular weight is 252 g/mol. The normalized spacial score (nSPS) is 13.5. The molecule has 0 radical (unpaired) electrons. The third kappa shape index (κ3) is 5.37. The molecule has 2 nitrogen and oxygen atoms in total. The van der Waals surface area contributed by atoms with E-state index in [2.05, 4.69) is 0 Å². The number of benzene rings is 1. The molecule has 0 saturated carbocycles. The van der Waals surface area contributed by atoms with Crippen LogP contribution in [0.15, 0.2) is 24.3 Å². The molecule has 0 heterocycles. The summed E-state index contributed by atoms with van der Waals surface area (Å²) in [6.07, 6.45) is -0.525. The molecule has 0 aliphatic rings. The van der Waals surface area contributed by atoms with Crippen LogP contribution >= 0.6 is 11.8 Å². The second-order valence-electron chi connectivity index (χ2n) is 5.22. The van der Waals surface area contributed by atoms with Crippen LogP contribution in [-0.2, 0) is 4.79 Å². The van der Waals surface area contributed by atoms with Crippen molar-refractivity contribution < 1.29 is 9.90 Å². The van der Waals surface area contributed by atoms with Crippen molar-refractivity contribution in [3.05, 3.63) is 35.4 Å². The Kier molecular flexibility index (Phi) is 4.78. The Bertz CT molecular complexity index is 376. The van der Waals surface area contributed by atoms with E-state index < -0.39 is 6.10 Å². The molecule has 0 aliphatic carbocycles. The molecule has 1 aromatic rings. The van der Waals surface area contributed by atoms with Crippen molar-refractivity contribution in [3.63, 3.8) is 0 Å². The Labute approximate surface area is 107 Å². The fraction of sp³-hybridized carbons (Fsp3) is 0.500. The molecule has 94 valence electrons. The van der Waals surface area contributed by atoms with Crippen molar-refractivity contribution in [2.45, 2.75) is 45.0 Å². The summed E-state index contributed by atoms with van der Waals surface area (Å²) < 4.78 is -0.0932. The van der Waals surface area contributed by atoms with Gasteiger partial charge in [0.1, 0.15) is 0 Å². The zero-order chi connectivity index (χ0) is 13.1. The van der Waals surface area contributed by atoms with Crippen LogP contribution in [-0.4, -0.2) is 15.0 Å². The molecule has 0 aromatic heterocycles. The van der Waals surface area contributed by atoms with E-state index >= 15 is 0 Å². The molecular weight excluding hydrogens is 232 g/mol. The molecule has 0 saturated heterocycles. The number of thioether (sulfide) groups is 1. The molecular formula is C14H20O2S. The van der Waals surface area contributed by atoms with Crippen molar-refractivity contribution in [2.24, 2.45) is 0 Å². The Morgan fingerprint density at radius 3 is 2.29 bits per heavy atom. The molecule has 0 fully saturated rings. The van der Waals surface area contributed by atoms with Crippen LogP contribution in [0.5, 0.6) is 0 Å². The summed E-state index contributed by atoms with van der Waals surface area (Å²) >= 11 is 1.28. The Hall–Kier alpha value is -0.800. The number of aryl methyl sites for hydroxylation is 1. The molecule has 3 heteroatoms. The summed E-state index contributed by atoms with van der Waals surface area (Å²) in [4.78, 5) is 11.7. The maximum atomic E-state index is 11.7. The smallest absolute Gasteiger partial charge is 0.192 e. The first-order valence-corrected chi connectivity index (χ1v) is 6.56. The highest BCUT2D eigenvalue weighted by atomic mass is 32.2. The van der Waals surface area contributed by atoms with Gasteiger partial charge in [-0.1, -0.05) is 62.4 Å². The second kappa shape index (κ2) is 5.69. The van der Waals surface area contributed by atoms with Crippen LogP contribution in [0.2, 0.25) is 0 Å². The predicted octanol–water partition coefficient (Wildman–Crippen LogP) is 3.48. The van der Waals surface area contributed by atoms with Gasteiger partial charge in [0.25, 0.3) is 0 Å². The van der Waals surface area contributed by atoms with Gasteiger partial charge in [0, 0.05) is 11.2 Å². The van der Waals surface area contributed by atoms with Crippen LogP contribution in [0.1, 0.15) is 44.4 Å². The van der Waals surface area contributed by atoms with Crippen molar-refractivity contribution >= 4 is 16.9 Å². The minimum Gasteiger partial charge on any atom is -0.388 e. The van der Waals surface area contributed by atoms with Gasteiger partial charge in [-0.15, -0.1) is 0 Å². The highest BCUT2D eigenvalue weighted by Gasteiger charge is 2.20. The summed E-state index contributed by atoms with van der Waals surface area (Å²) in [5.41, 5.74) is 1.95. The fourth-order valence-corrected chi connectivity index (χ4v) is 2.37. The first-order chi connectivity index (χ1) is 7.78. The standard InChI is InChI=1S/C14H20O2S/c1-10-5-7-11(8-6-10)12(15)9-13(16)17-14(2,3)4/h5-8,12,15H,9H2,1-4H3. The van der Waals surface area contributed by atoms with Gasteiger partial charge in [-0.25, -0.2) is 0 Å². The van der Waals surface area contributed by atoms with Gasteiger partial charge in [-0.05, 0) is 12.5 Å². The number of aliphatic hydroxyl groups is 1.